The van der Waals surface area contributed by atoms with Gasteiger partial charge in [-0.3, -0.25) is 9.13 Å². The summed E-state index contributed by atoms with van der Waals surface area (Å²) in [5, 5.41) is 3.58. The molecule has 0 aliphatic heterocycles. The van der Waals surface area contributed by atoms with Crippen LogP contribution in [0.4, 0.5) is 0 Å². The first kappa shape index (κ1) is 13.4. The lowest BCUT2D eigenvalue weighted by Crippen LogP contribution is -2.29. The van der Waals surface area contributed by atoms with Crippen molar-refractivity contribution in [1.82, 2.24) is 14.5 Å². The third-order valence-corrected chi connectivity index (χ3v) is 3.75. The van der Waals surface area contributed by atoms with Gasteiger partial charge in [0.25, 0.3) is 0 Å². The number of imidazole rings is 1. The summed E-state index contributed by atoms with van der Waals surface area (Å²) in [6, 6.07) is 0.728. The van der Waals surface area contributed by atoms with Crippen LogP contribution in [0.1, 0.15) is 45.4 Å². The number of hydrogen-bond donors (Lipinski definition) is 1. The van der Waals surface area contributed by atoms with Crippen molar-refractivity contribution in [1.29, 1.82) is 0 Å². The molecule has 0 spiro atoms. The molecule has 1 aliphatic carbocycles. The first-order valence-electron chi connectivity index (χ1n) is 7.30. The van der Waals surface area contributed by atoms with Crippen LogP contribution in [0.25, 0.3) is 0 Å². The smallest absolute Gasteiger partial charge is 0.314 e. The SMILES string of the molecule is CCCn1ccn(CCCNC2CCCC2)c1=O. The minimum absolute atomic E-state index is 0.137. The molecule has 4 nitrogen and oxygen atoms in total. The molecule has 2 rings (SSSR count). The van der Waals surface area contributed by atoms with Crippen LogP contribution < -0.4 is 11.0 Å². The van der Waals surface area contributed by atoms with Crippen molar-refractivity contribution in [2.24, 2.45) is 0 Å². The molecule has 1 aliphatic rings. The Balaban J connectivity index is 1.71. The zero-order valence-corrected chi connectivity index (χ0v) is 11.4. The molecule has 1 fully saturated rings. The van der Waals surface area contributed by atoms with Crippen LogP contribution in [0.5, 0.6) is 0 Å². The first-order valence-corrected chi connectivity index (χ1v) is 7.30. The molecule has 0 amide bonds. The Labute approximate surface area is 109 Å². The van der Waals surface area contributed by atoms with E-state index in [2.05, 4.69) is 12.2 Å². The number of rotatable bonds is 7. The number of hydrogen-bond acceptors (Lipinski definition) is 2. The fraction of sp³-hybridized carbons (Fsp3) is 0.786. The molecule has 0 saturated heterocycles. The van der Waals surface area contributed by atoms with E-state index in [1.807, 2.05) is 17.0 Å². The van der Waals surface area contributed by atoms with Gasteiger partial charge in [0, 0.05) is 31.5 Å². The average molecular weight is 251 g/mol. The topological polar surface area (TPSA) is 39.0 Å². The average Bonchev–Trinajstić information content (AvgIpc) is 2.98. The summed E-state index contributed by atoms with van der Waals surface area (Å²) in [5.74, 6) is 0. The zero-order valence-electron chi connectivity index (χ0n) is 11.4. The number of aromatic nitrogens is 2. The van der Waals surface area contributed by atoms with Crippen molar-refractivity contribution >= 4 is 0 Å². The summed E-state index contributed by atoms with van der Waals surface area (Å²) in [4.78, 5) is 11.9. The van der Waals surface area contributed by atoms with Gasteiger partial charge in [-0.2, -0.15) is 0 Å². The monoisotopic (exact) mass is 251 g/mol. The van der Waals surface area contributed by atoms with E-state index in [0.717, 1.165) is 38.5 Å². The van der Waals surface area contributed by atoms with Crippen molar-refractivity contribution in [3.8, 4) is 0 Å². The minimum atomic E-state index is 0.137. The molecular formula is C14H25N3O. The van der Waals surface area contributed by atoms with E-state index >= 15 is 0 Å². The van der Waals surface area contributed by atoms with Gasteiger partial charge >= 0.3 is 5.69 Å². The molecule has 0 unspecified atom stereocenters. The van der Waals surface area contributed by atoms with Crippen LogP contribution in [0.2, 0.25) is 0 Å². The Morgan fingerprint density at radius 2 is 1.89 bits per heavy atom. The Morgan fingerprint density at radius 3 is 2.56 bits per heavy atom. The quantitative estimate of drug-likeness (QED) is 0.753. The predicted molar refractivity (Wildman–Crippen MR) is 73.9 cm³/mol. The van der Waals surface area contributed by atoms with Crippen LogP contribution in [-0.4, -0.2) is 21.7 Å². The van der Waals surface area contributed by atoms with Crippen molar-refractivity contribution in [3.05, 3.63) is 22.9 Å². The second-order valence-corrected chi connectivity index (χ2v) is 5.26. The van der Waals surface area contributed by atoms with Crippen molar-refractivity contribution in [3.63, 3.8) is 0 Å². The summed E-state index contributed by atoms with van der Waals surface area (Å²) in [7, 11) is 0. The van der Waals surface area contributed by atoms with Crippen LogP contribution in [0.15, 0.2) is 17.2 Å². The summed E-state index contributed by atoms with van der Waals surface area (Å²) in [5.41, 5.74) is 0.137. The number of aryl methyl sites for hydroxylation is 2. The second kappa shape index (κ2) is 6.78. The van der Waals surface area contributed by atoms with Gasteiger partial charge in [-0.05, 0) is 32.2 Å². The van der Waals surface area contributed by atoms with Crippen molar-refractivity contribution < 1.29 is 0 Å². The maximum absolute atomic E-state index is 11.9. The molecular weight excluding hydrogens is 226 g/mol. The highest BCUT2D eigenvalue weighted by atomic mass is 16.1. The third kappa shape index (κ3) is 3.48. The number of nitrogens with zero attached hydrogens (tertiary/aromatic N) is 2. The zero-order chi connectivity index (χ0) is 12.8. The standard InChI is InChI=1S/C14H25N3O/c1-2-9-16-11-12-17(14(16)18)10-5-8-15-13-6-3-4-7-13/h11-13,15H,2-10H2,1H3. The lowest BCUT2D eigenvalue weighted by atomic mass is 10.2. The van der Waals surface area contributed by atoms with Crippen molar-refractivity contribution in [2.75, 3.05) is 6.54 Å². The van der Waals surface area contributed by atoms with Gasteiger partial charge in [0.05, 0.1) is 0 Å². The van der Waals surface area contributed by atoms with E-state index in [-0.39, 0.29) is 5.69 Å². The minimum Gasteiger partial charge on any atom is -0.314 e. The highest BCUT2D eigenvalue weighted by Crippen LogP contribution is 2.17. The van der Waals surface area contributed by atoms with Crippen molar-refractivity contribution in [2.45, 2.75) is 64.6 Å². The Hall–Kier alpha value is -1.03. The Kier molecular flexibility index (Phi) is 5.05. The van der Waals surface area contributed by atoms with Crippen LogP contribution >= 0.6 is 0 Å². The van der Waals surface area contributed by atoms with E-state index < -0.39 is 0 Å². The largest absolute Gasteiger partial charge is 0.328 e. The highest BCUT2D eigenvalue weighted by molar-refractivity contribution is 4.81. The molecule has 1 aromatic heterocycles. The van der Waals surface area contributed by atoms with Gasteiger partial charge < -0.3 is 5.32 Å². The summed E-state index contributed by atoms with van der Waals surface area (Å²) >= 11 is 0. The first-order chi connectivity index (χ1) is 8.81. The third-order valence-electron chi connectivity index (χ3n) is 3.75. The highest BCUT2D eigenvalue weighted by Gasteiger charge is 2.13. The molecule has 18 heavy (non-hydrogen) atoms. The van der Waals surface area contributed by atoms with Gasteiger partial charge in [-0.25, -0.2) is 4.79 Å². The summed E-state index contributed by atoms with van der Waals surface area (Å²) in [6.07, 6.45) is 11.2. The van der Waals surface area contributed by atoms with Gasteiger partial charge in [-0.1, -0.05) is 19.8 Å². The van der Waals surface area contributed by atoms with E-state index in [4.69, 9.17) is 0 Å². The normalized spacial score (nSPS) is 16.5. The van der Waals surface area contributed by atoms with Gasteiger partial charge in [0.2, 0.25) is 0 Å². The van der Waals surface area contributed by atoms with E-state index in [1.165, 1.54) is 25.7 Å². The lowest BCUT2D eigenvalue weighted by Gasteiger charge is -2.11. The second-order valence-electron chi connectivity index (χ2n) is 5.26. The van der Waals surface area contributed by atoms with Gasteiger partial charge in [0.15, 0.2) is 0 Å². The molecule has 102 valence electrons. The molecule has 1 heterocycles. The van der Waals surface area contributed by atoms with Gasteiger partial charge in [-0.15, -0.1) is 0 Å². The van der Waals surface area contributed by atoms with Crippen LogP contribution in [0, 0.1) is 0 Å². The number of nitrogens with one attached hydrogen (secondary N) is 1. The Bertz CT molecular complexity index is 401. The molecule has 0 aromatic carbocycles. The Morgan fingerprint density at radius 1 is 1.22 bits per heavy atom. The maximum Gasteiger partial charge on any atom is 0.328 e. The molecule has 0 atom stereocenters. The fourth-order valence-electron chi connectivity index (χ4n) is 2.72. The van der Waals surface area contributed by atoms with E-state index in [9.17, 15) is 4.79 Å². The fourth-order valence-corrected chi connectivity index (χ4v) is 2.72. The van der Waals surface area contributed by atoms with Gasteiger partial charge in [0.1, 0.15) is 0 Å². The maximum atomic E-state index is 11.9. The molecule has 1 saturated carbocycles. The molecule has 1 N–H and O–H groups in total. The summed E-state index contributed by atoms with van der Waals surface area (Å²) in [6.45, 7) is 4.77. The molecule has 0 radical (unpaired) electrons. The summed E-state index contributed by atoms with van der Waals surface area (Å²) < 4.78 is 3.62. The predicted octanol–water partition coefficient (Wildman–Crippen LogP) is 1.98. The lowest BCUT2D eigenvalue weighted by molar-refractivity contribution is 0.489. The molecule has 1 aromatic rings. The van der Waals surface area contributed by atoms with E-state index in [1.54, 1.807) is 4.57 Å². The molecule has 4 heteroatoms. The molecule has 0 bridgehead atoms. The van der Waals surface area contributed by atoms with Crippen LogP contribution in [-0.2, 0) is 13.1 Å². The van der Waals surface area contributed by atoms with Crippen LogP contribution in [0.3, 0.4) is 0 Å². The van der Waals surface area contributed by atoms with E-state index in [0.29, 0.717) is 0 Å².